The van der Waals surface area contributed by atoms with Gasteiger partial charge in [0, 0.05) is 6.54 Å². The largest absolute Gasteiger partial charge is 0.421 e. The van der Waals surface area contributed by atoms with Gasteiger partial charge in [-0.15, -0.1) is 0 Å². The molecular weight excluding hydrogens is 187 g/mol. The summed E-state index contributed by atoms with van der Waals surface area (Å²) in [5.41, 5.74) is 0. The standard InChI is InChI=1S/C6H8F3N3O/c1-2-12-5(10-3-11-12)4(13)6(7,8)9/h3-4,13H,2H2,1H3. The predicted molar refractivity (Wildman–Crippen MR) is 36.7 cm³/mol. The fraction of sp³-hybridized carbons (Fsp3) is 0.667. The van der Waals surface area contributed by atoms with Gasteiger partial charge in [0.05, 0.1) is 0 Å². The smallest absolute Gasteiger partial charge is 0.377 e. The second-order valence-electron chi connectivity index (χ2n) is 2.38. The number of rotatable bonds is 2. The van der Waals surface area contributed by atoms with Crippen molar-refractivity contribution in [2.24, 2.45) is 0 Å². The Labute approximate surface area is 72.0 Å². The van der Waals surface area contributed by atoms with E-state index in [0.717, 1.165) is 11.0 Å². The van der Waals surface area contributed by atoms with E-state index >= 15 is 0 Å². The molecule has 0 saturated carbocycles. The highest BCUT2D eigenvalue weighted by molar-refractivity contribution is 4.93. The molecule has 0 bridgehead atoms. The van der Waals surface area contributed by atoms with Crippen LogP contribution in [0.25, 0.3) is 0 Å². The normalized spacial score (nSPS) is 14.5. The highest BCUT2D eigenvalue weighted by Gasteiger charge is 2.42. The molecule has 0 spiro atoms. The minimum atomic E-state index is -4.69. The fourth-order valence-electron chi connectivity index (χ4n) is 0.875. The molecule has 0 radical (unpaired) electrons. The van der Waals surface area contributed by atoms with Gasteiger partial charge in [0.15, 0.2) is 5.82 Å². The summed E-state index contributed by atoms with van der Waals surface area (Å²) in [5.74, 6) is -0.477. The van der Waals surface area contributed by atoms with Crippen molar-refractivity contribution in [3.05, 3.63) is 12.2 Å². The quantitative estimate of drug-likeness (QED) is 0.762. The molecule has 1 rings (SSSR count). The molecule has 4 nitrogen and oxygen atoms in total. The third-order valence-corrected chi connectivity index (χ3v) is 1.50. The average molecular weight is 195 g/mol. The summed E-state index contributed by atoms with van der Waals surface area (Å²) in [6, 6.07) is 0. The third kappa shape index (κ3) is 1.97. The summed E-state index contributed by atoms with van der Waals surface area (Å²) in [7, 11) is 0. The van der Waals surface area contributed by atoms with E-state index in [0.29, 0.717) is 0 Å². The number of alkyl halides is 3. The Kier molecular flexibility index (Phi) is 2.55. The van der Waals surface area contributed by atoms with Crippen LogP contribution in [0.15, 0.2) is 6.33 Å². The van der Waals surface area contributed by atoms with E-state index in [4.69, 9.17) is 5.11 Å². The van der Waals surface area contributed by atoms with E-state index in [2.05, 4.69) is 10.1 Å². The van der Waals surface area contributed by atoms with E-state index in [1.807, 2.05) is 0 Å². The minimum absolute atomic E-state index is 0.239. The Balaban J connectivity index is 2.94. The van der Waals surface area contributed by atoms with Crippen LogP contribution in [-0.2, 0) is 6.54 Å². The van der Waals surface area contributed by atoms with Gasteiger partial charge in [0.2, 0.25) is 6.10 Å². The van der Waals surface area contributed by atoms with Crippen LogP contribution in [0.2, 0.25) is 0 Å². The molecule has 0 aromatic carbocycles. The highest BCUT2D eigenvalue weighted by Crippen LogP contribution is 2.30. The van der Waals surface area contributed by atoms with Crippen molar-refractivity contribution in [1.82, 2.24) is 14.8 Å². The van der Waals surface area contributed by atoms with Crippen molar-refractivity contribution in [1.29, 1.82) is 0 Å². The van der Waals surface area contributed by atoms with Crippen LogP contribution in [0.4, 0.5) is 13.2 Å². The average Bonchev–Trinajstić information content (AvgIpc) is 2.48. The maximum atomic E-state index is 12.0. The van der Waals surface area contributed by atoms with Gasteiger partial charge < -0.3 is 5.11 Å². The molecule has 1 unspecified atom stereocenters. The summed E-state index contributed by atoms with van der Waals surface area (Å²) >= 11 is 0. The summed E-state index contributed by atoms with van der Waals surface area (Å²) in [4.78, 5) is 3.34. The number of aryl methyl sites for hydroxylation is 1. The molecule has 0 aliphatic heterocycles. The van der Waals surface area contributed by atoms with Crippen LogP contribution in [0.5, 0.6) is 0 Å². The Morgan fingerprint density at radius 2 is 2.23 bits per heavy atom. The van der Waals surface area contributed by atoms with Gasteiger partial charge in [0.25, 0.3) is 0 Å². The molecule has 1 aromatic rings. The van der Waals surface area contributed by atoms with Crippen LogP contribution in [0, 0.1) is 0 Å². The molecule has 0 saturated heterocycles. The van der Waals surface area contributed by atoms with Gasteiger partial charge in [-0.2, -0.15) is 18.3 Å². The van der Waals surface area contributed by atoms with Gasteiger partial charge in [-0.1, -0.05) is 0 Å². The summed E-state index contributed by atoms with van der Waals surface area (Å²) < 4.78 is 37.0. The van der Waals surface area contributed by atoms with E-state index in [1.165, 1.54) is 0 Å². The third-order valence-electron chi connectivity index (χ3n) is 1.50. The molecule has 1 N–H and O–H groups in total. The molecule has 1 atom stereocenters. The molecule has 74 valence electrons. The first kappa shape index (κ1) is 9.97. The molecule has 1 heterocycles. The Morgan fingerprint density at radius 3 is 2.69 bits per heavy atom. The van der Waals surface area contributed by atoms with E-state index < -0.39 is 18.1 Å². The topological polar surface area (TPSA) is 50.9 Å². The Morgan fingerprint density at radius 1 is 1.62 bits per heavy atom. The van der Waals surface area contributed by atoms with Crippen LogP contribution < -0.4 is 0 Å². The maximum absolute atomic E-state index is 12.0. The van der Waals surface area contributed by atoms with Crippen LogP contribution in [-0.4, -0.2) is 26.0 Å². The molecular formula is C6H8F3N3O. The van der Waals surface area contributed by atoms with Gasteiger partial charge in [-0.3, -0.25) is 0 Å². The van der Waals surface area contributed by atoms with Crippen molar-refractivity contribution < 1.29 is 18.3 Å². The number of hydrogen-bond donors (Lipinski definition) is 1. The first-order valence-corrected chi connectivity index (χ1v) is 3.59. The molecule has 13 heavy (non-hydrogen) atoms. The number of nitrogens with zero attached hydrogens (tertiary/aromatic N) is 3. The SMILES string of the molecule is CCn1ncnc1C(O)C(F)(F)F. The maximum Gasteiger partial charge on any atom is 0.421 e. The lowest BCUT2D eigenvalue weighted by atomic mass is 10.3. The monoisotopic (exact) mass is 195 g/mol. The molecule has 7 heteroatoms. The van der Waals surface area contributed by atoms with Crippen molar-refractivity contribution in [2.75, 3.05) is 0 Å². The number of aliphatic hydroxyl groups excluding tert-OH is 1. The lowest BCUT2D eigenvalue weighted by Crippen LogP contribution is -2.24. The minimum Gasteiger partial charge on any atom is -0.377 e. The zero-order chi connectivity index (χ0) is 10.1. The summed E-state index contributed by atoms with van der Waals surface area (Å²) in [6.45, 7) is 1.85. The number of aromatic nitrogens is 3. The van der Waals surface area contributed by atoms with Gasteiger partial charge in [0.1, 0.15) is 6.33 Å². The van der Waals surface area contributed by atoms with Gasteiger partial charge in [-0.25, -0.2) is 9.67 Å². The first-order chi connectivity index (χ1) is 5.96. The zero-order valence-electron chi connectivity index (χ0n) is 6.78. The zero-order valence-corrected chi connectivity index (χ0v) is 6.78. The van der Waals surface area contributed by atoms with Gasteiger partial charge in [-0.05, 0) is 6.92 Å². The predicted octanol–water partition coefficient (Wildman–Crippen LogP) is 0.894. The molecule has 0 amide bonds. The van der Waals surface area contributed by atoms with Crippen LogP contribution >= 0.6 is 0 Å². The summed E-state index contributed by atoms with van der Waals surface area (Å²) in [5, 5.41) is 12.3. The fourth-order valence-corrected chi connectivity index (χ4v) is 0.875. The van der Waals surface area contributed by atoms with Crippen molar-refractivity contribution in [3.63, 3.8) is 0 Å². The first-order valence-electron chi connectivity index (χ1n) is 3.59. The number of halogens is 3. The number of hydrogen-bond acceptors (Lipinski definition) is 3. The molecule has 0 aliphatic rings. The van der Waals surface area contributed by atoms with E-state index in [-0.39, 0.29) is 6.54 Å². The molecule has 1 aromatic heterocycles. The lowest BCUT2D eigenvalue weighted by molar-refractivity contribution is -0.210. The highest BCUT2D eigenvalue weighted by atomic mass is 19.4. The lowest BCUT2D eigenvalue weighted by Gasteiger charge is -2.13. The van der Waals surface area contributed by atoms with Crippen molar-refractivity contribution >= 4 is 0 Å². The second kappa shape index (κ2) is 3.33. The number of aliphatic hydroxyl groups is 1. The van der Waals surface area contributed by atoms with Crippen LogP contribution in [0.3, 0.4) is 0 Å². The van der Waals surface area contributed by atoms with Crippen LogP contribution in [0.1, 0.15) is 18.9 Å². The Bertz CT molecular complexity index is 283. The van der Waals surface area contributed by atoms with E-state index in [1.54, 1.807) is 6.92 Å². The van der Waals surface area contributed by atoms with Crippen molar-refractivity contribution in [2.45, 2.75) is 25.7 Å². The summed E-state index contributed by atoms with van der Waals surface area (Å²) in [6.07, 6.45) is -6.27. The van der Waals surface area contributed by atoms with E-state index in [9.17, 15) is 13.2 Å². The molecule has 0 fully saturated rings. The Hall–Kier alpha value is -1.11. The van der Waals surface area contributed by atoms with Crippen molar-refractivity contribution in [3.8, 4) is 0 Å². The molecule has 0 aliphatic carbocycles. The van der Waals surface area contributed by atoms with Gasteiger partial charge >= 0.3 is 6.18 Å². The second-order valence-corrected chi connectivity index (χ2v) is 2.38.